The Bertz CT molecular complexity index is 772. The smallest absolute Gasteiger partial charge is 0.324 e. The van der Waals surface area contributed by atoms with E-state index in [4.69, 9.17) is 6.42 Å². The van der Waals surface area contributed by atoms with Crippen molar-refractivity contribution >= 4 is 23.5 Å². The predicted octanol–water partition coefficient (Wildman–Crippen LogP) is 2.03. The number of nitrogens with zero attached hydrogens (tertiary/aromatic N) is 3. The highest BCUT2D eigenvalue weighted by molar-refractivity contribution is 6.01. The summed E-state index contributed by atoms with van der Waals surface area (Å²) in [5.41, 5.74) is 0.992. The predicted molar refractivity (Wildman–Crippen MR) is 93.9 cm³/mol. The van der Waals surface area contributed by atoms with Crippen molar-refractivity contribution in [2.24, 2.45) is 10.2 Å². The van der Waals surface area contributed by atoms with Crippen molar-refractivity contribution < 1.29 is 14.4 Å². The van der Waals surface area contributed by atoms with Crippen LogP contribution in [-0.2, 0) is 16.1 Å². The zero-order valence-corrected chi connectivity index (χ0v) is 14.2. The maximum atomic E-state index is 12.1. The molecule has 0 bridgehead atoms. The van der Waals surface area contributed by atoms with Crippen LogP contribution in [0.1, 0.15) is 31.2 Å². The second-order valence-electron chi connectivity index (χ2n) is 6.27. The number of benzene rings is 1. The van der Waals surface area contributed by atoms with Gasteiger partial charge in [0.15, 0.2) is 5.66 Å². The number of imide groups is 1. The fourth-order valence-corrected chi connectivity index (χ4v) is 2.70. The summed E-state index contributed by atoms with van der Waals surface area (Å²) in [6, 6.07) is 6.64. The number of nitrogens with one attached hydrogen (secondary N) is 2. The van der Waals surface area contributed by atoms with Crippen LogP contribution in [0.5, 0.6) is 0 Å². The van der Waals surface area contributed by atoms with E-state index < -0.39 is 5.66 Å². The van der Waals surface area contributed by atoms with Crippen molar-refractivity contribution in [3.8, 4) is 12.3 Å². The molecule has 0 unspecified atom stereocenters. The molecule has 0 spiro atoms. The number of carbonyl (C=O) groups excluding carboxylic acids is 3. The first-order valence-corrected chi connectivity index (χ1v) is 8.36. The van der Waals surface area contributed by atoms with Gasteiger partial charge in [-0.1, -0.05) is 12.1 Å². The van der Waals surface area contributed by atoms with E-state index >= 15 is 0 Å². The molecule has 26 heavy (non-hydrogen) atoms. The Morgan fingerprint density at radius 1 is 1.27 bits per heavy atom. The lowest BCUT2D eigenvalue weighted by Gasteiger charge is -2.13. The van der Waals surface area contributed by atoms with E-state index in [0.29, 0.717) is 31.4 Å². The summed E-state index contributed by atoms with van der Waals surface area (Å²) in [7, 11) is 0. The van der Waals surface area contributed by atoms with Gasteiger partial charge >= 0.3 is 6.03 Å². The monoisotopic (exact) mass is 353 g/mol. The summed E-state index contributed by atoms with van der Waals surface area (Å²) in [4.78, 5) is 36.3. The Morgan fingerprint density at radius 2 is 2.00 bits per heavy atom. The highest BCUT2D eigenvalue weighted by Crippen LogP contribution is 2.37. The Kier molecular flexibility index (Phi) is 4.98. The lowest BCUT2D eigenvalue weighted by Crippen LogP contribution is -2.30. The average Bonchev–Trinajstić information content (AvgIpc) is 3.35. The summed E-state index contributed by atoms with van der Waals surface area (Å²) in [6.07, 6.45) is 7.36. The molecule has 2 N–H and O–H groups in total. The number of urea groups is 1. The zero-order chi connectivity index (χ0) is 18.6. The first-order chi connectivity index (χ1) is 12.5. The van der Waals surface area contributed by atoms with Crippen LogP contribution in [0.15, 0.2) is 34.5 Å². The molecule has 1 aromatic carbocycles. The molecule has 0 atom stereocenters. The first kappa shape index (κ1) is 17.6. The van der Waals surface area contributed by atoms with Crippen LogP contribution in [0, 0.1) is 12.3 Å². The Hall–Kier alpha value is -3.21. The molecule has 1 saturated heterocycles. The van der Waals surface area contributed by atoms with Crippen molar-refractivity contribution in [2.45, 2.75) is 37.9 Å². The lowest BCUT2D eigenvalue weighted by molar-refractivity contribution is -0.125. The minimum atomic E-state index is -0.462. The average molecular weight is 353 g/mol. The summed E-state index contributed by atoms with van der Waals surface area (Å²) in [5, 5.41) is 13.3. The van der Waals surface area contributed by atoms with Crippen molar-refractivity contribution in [3.63, 3.8) is 0 Å². The van der Waals surface area contributed by atoms with Gasteiger partial charge in [0, 0.05) is 31.4 Å². The van der Waals surface area contributed by atoms with Crippen LogP contribution in [0.25, 0.3) is 0 Å². The SMILES string of the molecule is C#CCCC1(CCC(=O)Nc2ccc(CN3C(=O)CNC3=O)cc2)N=N1. The van der Waals surface area contributed by atoms with Crippen LogP contribution < -0.4 is 10.6 Å². The number of carbonyl (C=O) groups is 3. The van der Waals surface area contributed by atoms with Gasteiger partial charge < -0.3 is 10.6 Å². The van der Waals surface area contributed by atoms with Crippen LogP contribution in [-0.4, -0.2) is 35.0 Å². The standard InChI is InChI=1S/C18H19N5O3/c1-2-3-9-18(21-22-18)10-8-15(24)20-14-6-4-13(5-7-14)12-23-16(25)11-19-17(23)26/h1,4-7H,3,8-12H2,(H,19,26)(H,20,24). The van der Waals surface area contributed by atoms with E-state index in [1.165, 1.54) is 0 Å². The molecule has 8 heteroatoms. The summed E-state index contributed by atoms with van der Waals surface area (Å²) >= 11 is 0. The van der Waals surface area contributed by atoms with E-state index in [9.17, 15) is 14.4 Å². The Labute approximate surface area is 151 Å². The molecule has 1 fully saturated rings. The molecular formula is C18H19N5O3. The molecule has 4 amide bonds. The number of hydrogen-bond donors (Lipinski definition) is 2. The molecule has 1 aromatic rings. The zero-order valence-electron chi connectivity index (χ0n) is 14.2. The largest absolute Gasteiger partial charge is 0.329 e. The van der Waals surface area contributed by atoms with E-state index in [-0.39, 0.29) is 30.9 Å². The molecule has 0 aromatic heterocycles. The summed E-state index contributed by atoms with van der Waals surface area (Å²) in [6.45, 7) is 0.244. The highest BCUT2D eigenvalue weighted by Gasteiger charge is 2.39. The quantitative estimate of drug-likeness (QED) is 0.552. The third-order valence-electron chi connectivity index (χ3n) is 4.32. The van der Waals surface area contributed by atoms with Crippen LogP contribution in [0.2, 0.25) is 0 Å². The molecule has 2 aliphatic rings. The molecule has 2 heterocycles. The van der Waals surface area contributed by atoms with Crippen LogP contribution in [0.4, 0.5) is 10.5 Å². The van der Waals surface area contributed by atoms with Crippen LogP contribution >= 0.6 is 0 Å². The topological polar surface area (TPSA) is 103 Å². The fraction of sp³-hybridized carbons (Fsp3) is 0.389. The van der Waals surface area contributed by atoms with Gasteiger partial charge in [0.05, 0.1) is 13.1 Å². The van der Waals surface area contributed by atoms with Crippen molar-refractivity contribution in [2.75, 3.05) is 11.9 Å². The number of hydrogen-bond acceptors (Lipinski definition) is 5. The second kappa shape index (κ2) is 7.35. The van der Waals surface area contributed by atoms with Gasteiger partial charge in [-0.25, -0.2) is 4.79 Å². The molecule has 134 valence electrons. The Morgan fingerprint density at radius 3 is 2.58 bits per heavy atom. The van der Waals surface area contributed by atoms with Gasteiger partial charge in [-0.3, -0.25) is 14.5 Å². The number of anilines is 1. The summed E-state index contributed by atoms with van der Waals surface area (Å²) in [5.74, 6) is 2.19. The fourth-order valence-electron chi connectivity index (χ4n) is 2.70. The molecule has 2 aliphatic heterocycles. The van der Waals surface area contributed by atoms with Gasteiger partial charge in [-0.2, -0.15) is 10.2 Å². The number of rotatable bonds is 8. The molecule has 3 rings (SSSR count). The third-order valence-corrected chi connectivity index (χ3v) is 4.32. The molecule has 0 aliphatic carbocycles. The van der Waals surface area contributed by atoms with Gasteiger partial charge in [-0.15, -0.1) is 12.3 Å². The number of amides is 4. The second-order valence-corrected chi connectivity index (χ2v) is 6.27. The van der Waals surface area contributed by atoms with Crippen molar-refractivity contribution in [1.29, 1.82) is 0 Å². The van der Waals surface area contributed by atoms with E-state index in [1.54, 1.807) is 24.3 Å². The van der Waals surface area contributed by atoms with Crippen molar-refractivity contribution in [1.82, 2.24) is 10.2 Å². The van der Waals surface area contributed by atoms with E-state index in [1.807, 2.05) is 0 Å². The lowest BCUT2D eigenvalue weighted by atomic mass is 10.0. The normalized spacial score (nSPS) is 17.0. The maximum absolute atomic E-state index is 12.1. The van der Waals surface area contributed by atoms with Gasteiger partial charge in [-0.05, 0) is 17.7 Å². The first-order valence-electron chi connectivity index (χ1n) is 8.36. The number of terminal acetylenes is 1. The third kappa shape index (κ3) is 4.25. The van der Waals surface area contributed by atoms with Crippen molar-refractivity contribution in [3.05, 3.63) is 29.8 Å². The maximum Gasteiger partial charge on any atom is 0.324 e. The Balaban J connectivity index is 1.47. The van der Waals surface area contributed by atoms with Gasteiger partial charge in [0.25, 0.3) is 0 Å². The minimum Gasteiger partial charge on any atom is -0.329 e. The van der Waals surface area contributed by atoms with E-state index in [2.05, 4.69) is 26.8 Å². The summed E-state index contributed by atoms with van der Waals surface area (Å²) < 4.78 is 0. The molecule has 8 nitrogen and oxygen atoms in total. The molecule has 0 radical (unpaired) electrons. The minimum absolute atomic E-state index is 0.0361. The molecule has 0 saturated carbocycles. The van der Waals surface area contributed by atoms with Gasteiger partial charge in [0.1, 0.15) is 0 Å². The highest BCUT2D eigenvalue weighted by atomic mass is 16.2. The molecular weight excluding hydrogens is 334 g/mol. The van der Waals surface area contributed by atoms with Crippen LogP contribution in [0.3, 0.4) is 0 Å². The van der Waals surface area contributed by atoms with Gasteiger partial charge in [0.2, 0.25) is 11.8 Å². The van der Waals surface area contributed by atoms with E-state index in [0.717, 1.165) is 10.5 Å².